The zero-order chi connectivity index (χ0) is 25.0. The lowest BCUT2D eigenvalue weighted by molar-refractivity contribution is -0.118. The van der Waals surface area contributed by atoms with E-state index in [2.05, 4.69) is 5.32 Å². The van der Waals surface area contributed by atoms with E-state index in [0.29, 0.717) is 18.5 Å². The Kier molecular flexibility index (Phi) is 9.80. The molecule has 3 aromatic rings. The minimum atomic E-state index is -0.289. The average Bonchev–Trinajstić information content (AvgIpc) is 2.85. The van der Waals surface area contributed by atoms with Crippen LogP contribution in [0.5, 0.6) is 0 Å². The fourth-order valence-electron chi connectivity index (χ4n) is 4.06. The number of aliphatic hydroxyl groups excluding tert-OH is 1. The molecule has 7 heteroatoms. The van der Waals surface area contributed by atoms with E-state index in [9.17, 15) is 19.5 Å². The van der Waals surface area contributed by atoms with E-state index in [4.69, 9.17) is 5.73 Å². The molecule has 0 spiro atoms. The largest absolute Gasteiger partial charge is 0.395 e. The van der Waals surface area contributed by atoms with Crippen LogP contribution in [0.4, 0.5) is 11.4 Å². The number of carbonyl (C=O) groups is 3. The number of carbonyl (C=O) groups excluding carboxylic acids is 3. The quantitative estimate of drug-likeness (QED) is 0.322. The summed E-state index contributed by atoms with van der Waals surface area (Å²) in [5, 5.41) is 14.5. The number of hydrogen-bond acceptors (Lipinski definition) is 4. The molecule has 0 radical (unpaired) electrons. The highest BCUT2D eigenvalue weighted by Crippen LogP contribution is 2.27. The fraction of sp³-hybridized carbons (Fsp3) is 0.321. The molecular weight excluding hydrogens is 442 g/mol. The Morgan fingerprint density at radius 1 is 0.829 bits per heavy atom. The van der Waals surface area contributed by atoms with Gasteiger partial charge in [-0.15, -0.1) is 0 Å². The summed E-state index contributed by atoms with van der Waals surface area (Å²) in [6.45, 7) is 0.0780. The van der Waals surface area contributed by atoms with Crippen LogP contribution < -0.4 is 16.0 Å². The third kappa shape index (κ3) is 7.93. The predicted molar refractivity (Wildman–Crippen MR) is 139 cm³/mol. The highest BCUT2D eigenvalue weighted by atomic mass is 16.3. The van der Waals surface area contributed by atoms with E-state index in [1.54, 1.807) is 17.0 Å². The normalized spacial score (nSPS) is 10.8. The first-order valence-corrected chi connectivity index (χ1v) is 12.0. The maximum atomic E-state index is 13.2. The van der Waals surface area contributed by atoms with Gasteiger partial charge in [0.25, 0.3) is 0 Å². The van der Waals surface area contributed by atoms with Crippen molar-refractivity contribution in [2.45, 2.75) is 44.9 Å². The number of nitrogens with one attached hydrogen (secondary N) is 1. The number of hydrogen-bond donors (Lipinski definition) is 3. The van der Waals surface area contributed by atoms with Gasteiger partial charge in [0.15, 0.2) is 0 Å². The Hall–Kier alpha value is -3.71. The van der Waals surface area contributed by atoms with E-state index in [1.165, 1.54) is 0 Å². The van der Waals surface area contributed by atoms with Gasteiger partial charge < -0.3 is 21.1 Å². The summed E-state index contributed by atoms with van der Waals surface area (Å²) in [5.74, 6) is -0.458. The number of fused-ring (bicyclic) bond motifs is 1. The molecule has 0 aliphatic carbocycles. The maximum Gasteiger partial charge on any atom is 0.231 e. The molecule has 7 nitrogen and oxygen atoms in total. The third-order valence-corrected chi connectivity index (χ3v) is 5.85. The number of nitrogens with zero attached hydrogens (tertiary/aromatic N) is 1. The van der Waals surface area contributed by atoms with E-state index in [1.807, 2.05) is 54.6 Å². The Balaban J connectivity index is 1.54. The van der Waals surface area contributed by atoms with Crippen LogP contribution in [0.2, 0.25) is 0 Å². The first-order chi connectivity index (χ1) is 17.0. The number of benzene rings is 3. The number of primary amides is 1. The van der Waals surface area contributed by atoms with Crippen LogP contribution in [0.1, 0.15) is 44.1 Å². The molecule has 3 aromatic carbocycles. The fourth-order valence-corrected chi connectivity index (χ4v) is 4.06. The van der Waals surface area contributed by atoms with Gasteiger partial charge in [0.2, 0.25) is 17.7 Å². The molecule has 3 rings (SSSR count). The van der Waals surface area contributed by atoms with Gasteiger partial charge in [0, 0.05) is 30.5 Å². The molecule has 35 heavy (non-hydrogen) atoms. The summed E-state index contributed by atoms with van der Waals surface area (Å²) in [7, 11) is 0. The van der Waals surface area contributed by atoms with Crippen molar-refractivity contribution < 1.29 is 19.5 Å². The second-order valence-electron chi connectivity index (χ2n) is 8.57. The van der Waals surface area contributed by atoms with Crippen LogP contribution in [0.3, 0.4) is 0 Å². The number of amides is 3. The van der Waals surface area contributed by atoms with Gasteiger partial charge >= 0.3 is 0 Å². The van der Waals surface area contributed by atoms with Gasteiger partial charge in [-0.2, -0.15) is 0 Å². The zero-order valence-electron chi connectivity index (χ0n) is 19.9. The summed E-state index contributed by atoms with van der Waals surface area (Å²) < 4.78 is 0. The molecule has 0 saturated heterocycles. The highest BCUT2D eigenvalue weighted by Gasteiger charge is 2.18. The molecule has 3 amide bonds. The van der Waals surface area contributed by atoms with Crippen LogP contribution in [-0.4, -0.2) is 36.0 Å². The molecular formula is C28H33N3O4. The van der Waals surface area contributed by atoms with Crippen LogP contribution in [0, 0.1) is 0 Å². The Morgan fingerprint density at radius 2 is 1.51 bits per heavy atom. The van der Waals surface area contributed by atoms with Crippen molar-refractivity contribution in [3.63, 3.8) is 0 Å². The number of aliphatic hydroxyl groups is 1. The minimum Gasteiger partial charge on any atom is -0.395 e. The lowest BCUT2D eigenvalue weighted by atomic mass is 10.1. The topological polar surface area (TPSA) is 113 Å². The summed E-state index contributed by atoms with van der Waals surface area (Å²) in [6.07, 6.45) is 4.26. The number of unbranched alkanes of at least 4 members (excludes halogenated alkanes) is 3. The van der Waals surface area contributed by atoms with Crippen LogP contribution in [-0.2, 0) is 20.8 Å². The first-order valence-electron chi connectivity index (χ1n) is 12.0. The summed E-state index contributed by atoms with van der Waals surface area (Å²) in [5.41, 5.74) is 7.40. The van der Waals surface area contributed by atoms with Crippen LogP contribution >= 0.6 is 0 Å². The molecule has 4 N–H and O–H groups in total. The van der Waals surface area contributed by atoms with Gasteiger partial charge in [0.1, 0.15) is 0 Å². The Bertz CT molecular complexity index is 1140. The molecule has 0 bridgehead atoms. The zero-order valence-corrected chi connectivity index (χ0v) is 19.9. The number of anilines is 2. The third-order valence-electron chi connectivity index (χ3n) is 5.85. The van der Waals surface area contributed by atoms with Crippen molar-refractivity contribution in [3.8, 4) is 0 Å². The van der Waals surface area contributed by atoms with E-state index < -0.39 is 0 Å². The Morgan fingerprint density at radius 3 is 2.23 bits per heavy atom. The molecule has 184 valence electrons. The van der Waals surface area contributed by atoms with Gasteiger partial charge in [0.05, 0.1) is 18.7 Å². The lowest BCUT2D eigenvalue weighted by Crippen LogP contribution is -2.34. The van der Waals surface area contributed by atoms with Crippen molar-refractivity contribution in [1.29, 1.82) is 0 Å². The molecule has 0 atom stereocenters. The second-order valence-corrected chi connectivity index (χ2v) is 8.57. The standard InChI is InChI=1S/C28H33N3O4/c29-26(33)12-3-1-2-4-13-27(34)30-23-16-14-21(15-17-23)20-28(35)31(18-19-32)25-11-7-9-22-8-5-6-10-24(22)25/h5-11,14-17,32H,1-4,12-13,18-20H2,(H2,29,33)(H,30,34). The summed E-state index contributed by atoms with van der Waals surface area (Å²) in [4.78, 5) is 37.7. The van der Waals surface area contributed by atoms with Gasteiger partial charge in [-0.3, -0.25) is 14.4 Å². The number of rotatable bonds is 13. The minimum absolute atomic E-state index is 0.0613. The van der Waals surface area contributed by atoms with E-state index in [0.717, 1.165) is 47.7 Å². The predicted octanol–water partition coefficient (Wildman–Crippen LogP) is 4.17. The smallest absolute Gasteiger partial charge is 0.231 e. The molecule has 0 heterocycles. The Labute approximate surface area is 205 Å². The molecule has 0 saturated carbocycles. The molecule has 0 unspecified atom stereocenters. The summed E-state index contributed by atoms with van der Waals surface area (Å²) in [6, 6.07) is 20.9. The van der Waals surface area contributed by atoms with E-state index >= 15 is 0 Å². The molecule has 0 aliphatic rings. The van der Waals surface area contributed by atoms with Crippen LogP contribution in [0.15, 0.2) is 66.7 Å². The van der Waals surface area contributed by atoms with Crippen molar-refractivity contribution in [2.24, 2.45) is 5.73 Å². The lowest BCUT2D eigenvalue weighted by Gasteiger charge is -2.24. The monoisotopic (exact) mass is 475 g/mol. The van der Waals surface area contributed by atoms with Gasteiger partial charge in [-0.05, 0) is 42.0 Å². The second kappa shape index (κ2) is 13.2. The van der Waals surface area contributed by atoms with Gasteiger partial charge in [-0.25, -0.2) is 0 Å². The first kappa shape index (κ1) is 25.9. The van der Waals surface area contributed by atoms with Crippen molar-refractivity contribution in [1.82, 2.24) is 0 Å². The molecule has 0 aromatic heterocycles. The maximum absolute atomic E-state index is 13.2. The SMILES string of the molecule is NC(=O)CCCCCCC(=O)Nc1ccc(CC(=O)N(CCO)c2cccc3ccccc23)cc1. The van der Waals surface area contributed by atoms with Crippen molar-refractivity contribution in [2.75, 3.05) is 23.4 Å². The summed E-state index contributed by atoms with van der Waals surface area (Å²) >= 11 is 0. The average molecular weight is 476 g/mol. The molecule has 0 aliphatic heterocycles. The van der Waals surface area contributed by atoms with Gasteiger partial charge in [-0.1, -0.05) is 61.4 Å². The van der Waals surface area contributed by atoms with Crippen LogP contribution in [0.25, 0.3) is 10.8 Å². The van der Waals surface area contributed by atoms with E-state index in [-0.39, 0.29) is 37.3 Å². The highest BCUT2D eigenvalue weighted by molar-refractivity contribution is 6.04. The number of nitrogens with two attached hydrogens (primary N) is 1. The molecule has 0 fully saturated rings. The van der Waals surface area contributed by atoms with Crippen molar-refractivity contribution in [3.05, 3.63) is 72.3 Å². The van der Waals surface area contributed by atoms with Crippen molar-refractivity contribution >= 4 is 39.9 Å².